The monoisotopic (exact) mass is 342 g/mol. The van der Waals surface area contributed by atoms with Crippen LogP contribution in [0.1, 0.15) is 0 Å². The van der Waals surface area contributed by atoms with Gasteiger partial charge in [-0.15, -0.1) is 0 Å². The molecule has 0 unspecified atom stereocenters. The molecule has 0 spiro atoms. The first-order chi connectivity index (χ1) is 12.2. The average Bonchev–Trinajstić information content (AvgIpc) is 2.68. The van der Waals surface area contributed by atoms with Gasteiger partial charge in [0, 0.05) is 44.5 Å². The van der Waals surface area contributed by atoms with Crippen molar-refractivity contribution in [2.24, 2.45) is 0 Å². The lowest BCUT2D eigenvalue weighted by molar-refractivity contribution is 0.0663. The normalized spacial score (nSPS) is 16.5. The van der Waals surface area contributed by atoms with Crippen LogP contribution in [0.4, 0.5) is 5.69 Å². The number of β-amino-alcohol motifs (C(OH)–C–C–N with tert-alkyl or cyclic N) is 1. The van der Waals surface area contributed by atoms with Crippen molar-refractivity contribution in [2.75, 3.05) is 51.3 Å². The Morgan fingerprint density at radius 2 is 1.68 bits per heavy atom. The summed E-state index contributed by atoms with van der Waals surface area (Å²) in [5.74, 6) is 1.68. The number of rotatable bonds is 7. The molecule has 25 heavy (non-hydrogen) atoms. The van der Waals surface area contributed by atoms with Gasteiger partial charge in [0.2, 0.25) is 0 Å². The third-order valence-electron chi connectivity index (χ3n) is 4.45. The number of aliphatic hydroxyl groups is 1. The molecule has 0 saturated carbocycles. The number of benzene rings is 2. The van der Waals surface area contributed by atoms with Crippen molar-refractivity contribution < 1.29 is 14.6 Å². The summed E-state index contributed by atoms with van der Waals surface area (Å²) in [6.07, 6.45) is -0.483. The number of anilines is 1. The second kappa shape index (κ2) is 8.74. The third kappa shape index (κ3) is 5.11. The van der Waals surface area contributed by atoms with E-state index in [-0.39, 0.29) is 0 Å². The van der Waals surface area contributed by atoms with Gasteiger partial charge in [0.05, 0.1) is 7.11 Å². The second-order valence-corrected chi connectivity index (χ2v) is 6.27. The molecule has 0 amide bonds. The zero-order chi connectivity index (χ0) is 17.5. The number of aliphatic hydroxyl groups excluding tert-OH is 1. The molecule has 1 atom stereocenters. The number of nitrogens with zero attached hydrogens (tertiary/aromatic N) is 2. The Bertz CT molecular complexity index is 642. The van der Waals surface area contributed by atoms with E-state index in [1.54, 1.807) is 7.11 Å². The largest absolute Gasteiger partial charge is 0.497 e. The maximum atomic E-state index is 10.2. The Morgan fingerprint density at radius 3 is 2.40 bits per heavy atom. The quantitative estimate of drug-likeness (QED) is 0.836. The van der Waals surface area contributed by atoms with E-state index in [1.807, 2.05) is 42.5 Å². The SMILES string of the molecule is COc1cccc(N2CCN(C[C@@H](O)COc3ccccc3)CC2)c1. The molecule has 0 aliphatic carbocycles. The van der Waals surface area contributed by atoms with Gasteiger partial charge in [-0.1, -0.05) is 24.3 Å². The van der Waals surface area contributed by atoms with Crippen molar-refractivity contribution in [1.82, 2.24) is 4.90 Å². The van der Waals surface area contributed by atoms with E-state index in [0.29, 0.717) is 13.2 Å². The van der Waals surface area contributed by atoms with Crippen LogP contribution < -0.4 is 14.4 Å². The van der Waals surface area contributed by atoms with Gasteiger partial charge in [0.15, 0.2) is 0 Å². The van der Waals surface area contributed by atoms with Crippen molar-refractivity contribution in [1.29, 1.82) is 0 Å². The van der Waals surface area contributed by atoms with Gasteiger partial charge in [0.1, 0.15) is 24.2 Å². The summed E-state index contributed by atoms with van der Waals surface area (Å²) in [5.41, 5.74) is 1.19. The first kappa shape index (κ1) is 17.6. The van der Waals surface area contributed by atoms with Crippen molar-refractivity contribution in [3.05, 3.63) is 54.6 Å². The molecule has 2 aromatic rings. The highest BCUT2D eigenvalue weighted by Gasteiger charge is 2.20. The van der Waals surface area contributed by atoms with E-state index in [0.717, 1.165) is 37.7 Å². The maximum Gasteiger partial charge on any atom is 0.120 e. The van der Waals surface area contributed by atoms with Gasteiger partial charge in [0.25, 0.3) is 0 Å². The summed E-state index contributed by atoms with van der Waals surface area (Å²) >= 11 is 0. The minimum atomic E-state index is -0.483. The van der Waals surface area contributed by atoms with E-state index in [2.05, 4.69) is 21.9 Å². The highest BCUT2D eigenvalue weighted by Crippen LogP contribution is 2.22. The Balaban J connectivity index is 1.42. The summed E-state index contributed by atoms with van der Waals surface area (Å²) in [6.45, 7) is 4.71. The van der Waals surface area contributed by atoms with Crippen LogP contribution in [-0.4, -0.2) is 62.6 Å². The van der Waals surface area contributed by atoms with Crippen LogP contribution in [0, 0.1) is 0 Å². The summed E-state index contributed by atoms with van der Waals surface area (Å²) in [4.78, 5) is 4.64. The smallest absolute Gasteiger partial charge is 0.120 e. The first-order valence-corrected chi connectivity index (χ1v) is 8.72. The zero-order valence-corrected chi connectivity index (χ0v) is 14.7. The molecule has 0 radical (unpaired) electrons. The number of para-hydroxylation sites is 1. The molecule has 1 N–H and O–H groups in total. The van der Waals surface area contributed by atoms with Gasteiger partial charge in [-0.05, 0) is 24.3 Å². The standard InChI is InChI=1S/C20H26N2O3/c1-24-20-9-5-6-17(14-20)22-12-10-21(11-13-22)15-18(23)16-25-19-7-3-2-4-8-19/h2-9,14,18,23H,10-13,15-16H2,1H3/t18-/m1/s1. The molecule has 1 heterocycles. The molecule has 1 saturated heterocycles. The number of methoxy groups -OCH3 is 1. The Hall–Kier alpha value is -2.24. The predicted molar refractivity (Wildman–Crippen MR) is 99.6 cm³/mol. The fraction of sp³-hybridized carbons (Fsp3) is 0.400. The number of ether oxygens (including phenoxy) is 2. The van der Waals surface area contributed by atoms with E-state index < -0.39 is 6.10 Å². The average molecular weight is 342 g/mol. The minimum absolute atomic E-state index is 0.320. The molecular formula is C20H26N2O3. The van der Waals surface area contributed by atoms with Crippen molar-refractivity contribution in [2.45, 2.75) is 6.10 Å². The number of piperazine rings is 1. The topological polar surface area (TPSA) is 45.2 Å². The molecular weight excluding hydrogens is 316 g/mol. The third-order valence-corrected chi connectivity index (χ3v) is 4.45. The molecule has 1 fully saturated rings. The first-order valence-electron chi connectivity index (χ1n) is 8.72. The Kier molecular flexibility index (Phi) is 6.14. The van der Waals surface area contributed by atoms with Gasteiger partial charge in [-0.25, -0.2) is 0 Å². The van der Waals surface area contributed by atoms with Crippen LogP contribution in [0.25, 0.3) is 0 Å². The van der Waals surface area contributed by atoms with E-state index in [9.17, 15) is 5.11 Å². The van der Waals surface area contributed by atoms with Gasteiger partial charge in [-0.3, -0.25) is 4.90 Å². The zero-order valence-electron chi connectivity index (χ0n) is 14.7. The second-order valence-electron chi connectivity index (χ2n) is 6.27. The van der Waals surface area contributed by atoms with Crippen LogP contribution in [0.15, 0.2) is 54.6 Å². The maximum absolute atomic E-state index is 10.2. The molecule has 134 valence electrons. The van der Waals surface area contributed by atoms with E-state index in [1.165, 1.54) is 5.69 Å². The van der Waals surface area contributed by atoms with Gasteiger partial charge in [-0.2, -0.15) is 0 Å². The van der Waals surface area contributed by atoms with Crippen molar-refractivity contribution >= 4 is 5.69 Å². The molecule has 1 aliphatic rings. The fourth-order valence-electron chi connectivity index (χ4n) is 3.06. The molecule has 2 aromatic carbocycles. The minimum Gasteiger partial charge on any atom is -0.497 e. The van der Waals surface area contributed by atoms with Crippen LogP contribution in [0.2, 0.25) is 0 Å². The lowest BCUT2D eigenvalue weighted by Crippen LogP contribution is -2.49. The molecule has 3 rings (SSSR count). The van der Waals surface area contributed by atoms with Crippen LogP contribution in [0.5, 0.6) is 11.5 Å². The molecule has 5 nitrogen and oxygen atoms in total. The summed E-state index contributed by atoms with van der Waals surface area (Å²) < 4.78 is 10.9. The lowest BCUT2D eigenvalue weighted by atomic mass is 10.2. The van der Waals surface area contributed by atoms with E-state index >= 15 is 0 Å². The van der Waals surface area contributed by atoms with Gasteiger partial charge >= 0.3 is 0 Å². The molecule has 0 bridgehead atoms. The number of hydrogen-bond acceptors (Lipinski definition) is 5. The van der Waals surface area contributed by atoms with Crippen LogP contribution >= 0.6 is 0 Å². The summed E-state index contributed by atoms with van der Waals surface area (Å²) in [5, 5.41) is 10.2. The Morgan fingerprint density at radius 1 is 0.960 bits per heavy atom. The fourth-order valence-corrected chi connectivity index (χ4v) is 3.06. The predicted octanol–water partition coefficient (Wildman–Crippen LogP) is 2.26. The van der Waals surface area contributed by atoms with Crippen LogP contribution in [0.3, 0.4) is 0 Å². The summed E-state index contributed by atoms with van der Waals surface area (Å²) in [7, 11) is 1.69. The van der Waals surface area contributed by atoms with Gasteiger partial charge < -0.3 is 19.5 Å². The highest BCUT2D eigenvalue weighted by molar-refractivity contribution is 5.51. The lowest BCUT2D eigenvalue weighted by Gasteiger charge is -2.37. The van der Waals surface area contributed by atoms with Crippen molar-refractivity contribution in [3.63, 3.8) is 0 Å². The highest BCUT2D eigenvalue weighted by atomic mass is 16.5. The molecule has 1 aliphatic heterocycles. The van der Waals surface area contributed by atoms with Crippen LogP contribution in [-0.2, 0) is 0 Å². The summed E-state index contributed by atoms with van der Waals surface area (Å²) in [6, 6.07) is 17.8. The Labute approximate surface area is 149 Å². The molecule has 0 aromatic heterocycles. The molecule has 5 heteroatoms. The van der Waals surface area contributed by atoms with E-state index in [4.69, 9.17) is 9.47 Å². The van der Waals surface area contributed by atoms with Crippen molar-refractivity contribution in [3.8, 4) is 11.5 Å². The number of hydrogen-bond donors (Lipinski definition) is 1.